The zero-order chi connectivity index (χ0) is 14.3. The van der Waals surface area contributed by atoms with Gasteiger partial charge in [0.1, 0.15) is 10.7 Å². The Kier molecular flexibility index (Phi) is 2.87. The zero-order valence-corrected chi connectivity index (χ0v) is 11.6. The average molecular weight is 315 g/mol. The molecular formula is C10H7ClN4O4S. The second-order valence-corrected chi connectivity index (χ2v) is 5.99. The van der Waals surface area contributed by atoms with Gasteiger partial charge in [0.2, 0.25) is 0 Å². The fourth-order valence-electron chi connectivity index (χ4n) is 1.64. The Morgan fingerprint density at radius 1 is 1.20 bits per heavy atom. The Balaban J connectivity index is 2.10. The number of aryl methyl sites for hydroxylation is 1. The first-order valence-electron chi connectivity index (χ1n) is 5.34. The van der Waals surface area contributed by atoms with Gasteiger partial charge in [0.05, 0.1) is 5.02 Å². The predicted molar refractivity (Wildman–Crippen MR) is 68.9 cm³/mol. The first-order chi connectivity index (χ1) is 9.47. The summed E-state index contributed by atoms with van der Waals surface area (Å²) in [6.45, 7) is 1.65. The molecule has 0 radical (unpaired) electrons. The molecule has 1 N–H and O–H groups in total. The molecule has 0 saturated heterocycles. The molecule has 8 nitrogen and oxygen atoms in total. The molecule has 0 bridgehead atoms. The molecule has 0 saturated carbocycles. The molecule has 0 spiro atoms. The van der Waals surface area contributed by atoms with Gasteiger partial charge >= 0.3 is 0 Å². The van der Waals surface area contributed by atoms with Crippen molar-refractivity contribution in [2.24, 2.45) is 0 Å². The largest absolute Gasteiger partial charge is 0.360 e. The lowest BCUT2D eigenvalue weighted by Gasteiger charge is -2.04. The molecule has 3 rings (SSSR count). The van der Waals surface area contributed by atoms with Crippen molar-refractivity contribution in [3.8, 4) is 0 Å². The Labute approximate surface area is 117 Å². The molecule has 0 aliphatic heterocycles. The van der Waals surface area contributed by atoms with Crippen LogP contribution in [0.3, 0.4) is 0 Å². The van der Waals surface area contributed by atoms with Crippen LogP contribution < -0.4 is 4.72 Å². The smallest absolute Gasteiger partial charge is 0.265 e. The second-order valence-electron chi connectivity index (χ2n) is 3.94. The highest BCUT2D eigenvalue weighted by molar-refractivity contribution is 7.93. The molecule has 3 aromatic rings. The topological polar surface area (TPSA) is 111 Å². The van der Waals surface area contributed by atoms with Gasteiger partial charge in [-0.3, -0.25) is 4.72 Å². The summed E-state index contributed by atoms with van der Waals surface area (Å²) in [6, 6.07) is 4.16. The van der Waals surface area contributed by atoms with Crippen LogP contribution in [0.2, 0.25) is 5.02 Å². The van der Waals surface area contributed by atoms with Crippen molar-refractivity contribution in [1.82, 2.24) is 15.5 Å². The molecule has 0 aliphatic rings. The van der Waals surface area contributed by atoms with Gasteiger partial charge in [-0.2, -0.15) is 0 Å². The Morgan fingerprint density at radius 2 is 1.95 bits per heavy atom. The third-order valence-corrected chi connectivity index (χ3v) is 4.18. The number of anilines is 1. The number of halogens is 1. The number of nitrogens with one attached hydrogen (secondary N) is 1. The van der Waals surface area contributed by atoms with Crippen LogP contribution in [0, 0.1) is 6.92 Å². The standard InChI is InChI=1S/C10H7ClN4O4S/c1-5-4-8(12-18-5)15-20(16,17)7-3-2-6(11)9-10(7)14-19-13-9/h2-4H,1H3,(H,12,15). The fourth-order valence-corrected chi connectivity index (χ4v) is 2.94. The number of hydrogen-bond acceptors (Lipinski definition) is 7. The monoisotopic (exact) mass is 314 g/mol. The van der Waals surface area contributed by atoms with Crippen LogP contribution in [0.15, 0.2) is 32.2 Å². The minimum Gasteiger partial charge on any atom is -0.360 e. The van der Waals surface area contributed by atoms with Crippen molar-refractivity contribution in [3.63, 3.8) is 0 Å². The molecule has 0 unspecified atom stereocenters. The van der Waals surface area contributed by atoms with E-state index in [9.17, 15) is 8.42 Å². The minimum absolute atomic E-state index is 0.0465. The Morgan fingerprint density at radius 3 is 2.65 bits per heavy atom. The van der Waals surface area contributed by atoms with E-state index < -0.39 is 10.0 Å². The number of sulfonamides is 1. The number of nitrogens with zero attached hydrogens (tertiary/aromatic N) is 3. The maximum atomic E-state index is 12.3. The van der Waals surface area contributed by atoms with Gasteiger partial charge in [0.25, 0.3) is 10.0 Å². The van der Waals surface area contributed by atoms with E-state index in [4.69, 9.17) is 16.1 Å². The molecule has 0 fully saturated rings. The number of aromatic nitrogens is 3. The van der Waals surface area contributed by atoms with Gasteiger partial charge in [-0.1, -0.05) is 16.8 Å². The van der Waals surface area contributed by atoms with Crippen molar-refractivity contribution < 1.29 is 17.6 Å². The first kappa shape index (κ1) is 12.9. The molecule has 20 heavy (non-hydrogen) atoms. The van der Waals surface area contributed by atoms with Crippen LogP contribution in [0.4, 0.5) is 5.82 Å². The van der Waals surface area contributed by atoms with Crippen molar-refractivity contribution >= 4 is 38.5 Å². The molecule has 1 aromatic carbocycles. The number of hydrogen-bond donors (Lipinski definition) is 1. The summed E-state index contributed by atoms with van der Waals surface area (Å²) < 4.78 is 36.2. The SMILES string of the molecule is Cc1cc(NS(=O)(=O)c2ccc(Cl)c3nonc23)no1. The van der Waals surface area contributed by atoms with E-state index in [0.717, 1.165) is 0 Å². The van der Waals surface area contributed by atoms with Crippen molar-refractivity contribution in [3.05, 3.63) is 29.0 Å². The summed E-state index contributed by atoms with van der Waals surface area (Å²) in [5, 5.41) is 10.9. The van der Waals surface area contributed by atoms with Gasteiger partial charge in [-0.25, -0.2) is 13.0 Å². The van der Waals surface area contributed by atoms with Crippen LogP contribution in [0.25, 0.3) is 11.0 Å². The van der Waals surface area contributed by atoms with E-state index in [-0.39, 0.29) is 26.8 Å². The molecule has 0 amide bonds. The van der Waals surface area contributed by atoms with Crippen LogP contribution >= 0.6 is 11.6 Å². The summed E-state index contributed by atoms with van der Waals surface area (Å²) in [7, 11) is -3.91. The van der Waals surface area contributed by atoms with E-state index >= 15 is 0 Å². The highest BCUT2D eigenvalue weighted by Gasteiger charge is 2.23. The van der Waals surface area contributed by atoms with E-state index in [0.29, 0.717) is 5.76 Å². The van der Waals surface area contributed by atoms with Gasteiger partial charge in [0, 0.05) is 6.07 Å². The third kappa shape index (κ3) is 2.10. The highest BCUT2D eigenvalue weighted by atomic mass is 35.5. The van der Waals surface area contributed by atoms with Crippen LogP contribution in [0.1, 0.15) is 5.76 Å². The van der Waals surface area contributed by atoms with E-state index in [1.54, 1.807) is 6.92 Å². The quantitative estimate of drug-likeness (QED) is 0.786. The van der Waals surface area contributed by atoms with Crippen molar-refractivity contribution in [2.75, 3.05) is 4.72 Å². The van der Waals surface area contributed by atoms with Gasteiger partial charge in [-0.15, -0.1) is 0 Å². The van der Waals surface area contributed by atoms with Gasteiger partial charge in [0.15, 0.2) is 16.9 Å². The van der Waals surface area contributed by atoms with Crippen molar-refractivity contribution in [2.45, 2.75) is 11.8 Å². The molecule has 10 heteroatoms. The lowest BCUT2D eigenvalue weighted by molar-refractivity contribution is 0.315. The lowest BCUT2D eigenvalue weighted by Crippen LogP contribution is -2.13. The van der Waals surface area contributed by atoms with Crippen LogP contribution in [-0.4, -0.2) is 23.9 Å². The van der Waals surface area contributed by atoms with Crippen LogP contribution in [-0.2, 0) is 10.0 Å². The predicted octanol–water partition coefficient (Wildman–Crippen LogP) is 1.97. The Bertz CT molecular complexity index is 886. The molecule has 2 heterocycles. The molecule has 2 aromatic heterocycles. The first-order valence-corrected chi connectivity index (χ1v) is 7.20. The molecule has 104 valence electrons. The van der Waals surface area contributed by atoms with Gasteiger partial charge in [-0.05, 0) is 29.4 Å². The maximum Gasteiger partial charge on any atom is 0.265 e. The highest BCUT2D eigenvalue weighted by Crippen LogP contribution is 2.27. The fraction of sp³-hybridized carbons (Fsp3) is 0.100. The normalized spacial score (nSPS) is 11.9. The van der Waals surface area contributed by atoms with E-state index in [1.165, 1.54) is 18.2 Å². The number of benzene rings is 1. The maximum absolute atomic E-state index is 12.3. The molecule has 0 atom stereocenters. The van der Waals surface area contributed by atoms with E-state index in [2.05, 4.69) is 24.8 Å². The average Bonchev–Trinajstić information content (AvgIpc) is 2.98. The lowest BCUT2D eigenvalue weighted by atomic mass is 10.3. The summed E-state index contributed by atoms with van der Waals surface area (Å²) in [5.74, 6) is 0.550. The summed E-state index contributed by atoms with van der Waals surface area (Å²) in [6.07, 6.45) is 0. The third-order valence-electron chi connectivity index (χ3n) is 2.49. The summed E-state index contributed by atoms with van der Waals surface area (Å²) >= 11 is 5.88. The molecule has 0 aliphatic carbocycles. The zero-order valence-electron chi connectivity index (χ0n) is 9.99. The van der Waals surface area contributed by atoms with Gasteiger partial charge < -0.3 is 4.52 Å². The summed E-state index contributed by atoms with van der Waals surface area (Å²) in [4.78, 5) is -0.112. The van der Waals surface area contributed by atoms with E-state index in [1.807, 2.05) is 0 Å². The summed E-state index contributed by atoms with van der Waals surface area (Å²) in [5.41, 5.74) is 0.219. The van der Waals surface area contributed by atoms with Crippen molar-refractivity contribution in [1.29, 1.82) is 0 Å². The van der Waals surface area contributed by atoms with Crippen LogP contribution in [0.5, 0.6) is 0 Å². The Hall–Kier alpha value is -2.13. The minimum atomic E-state index is -3.91. The number of rotatable bonds is 3. The second kappa shape index (κ2) is 4.46. The number of fused-ring (bicyclic) bond motifs is 1. The molecular weight excluding hydrogens is 308 g/mol.